The van der Waals surface area contributed by atoms with Gasteiger partial charge in [0.25, 0.3) is 0 Å². The Morgan fingerprint density at radius 1 is 1.33 bits per heavy atom. The molecule has 0 amide bonds. The van der Waals surface area contributed by atoms with E-state index >= 15 is 0 Å². The lowest BCUT2D eigenvalue weighted by molar-refractivity contribution is -0.119. The molecule has 1 saturated carbocycles. The second-order valence-electron chi connectivity index (χ2n) is 5.73. The van der Waals surface area contributed by atoms with E-state index in [0.717, 1.165) is 37.5 Å². The normalized spacial score (nSPS) is 19.1. The van der Waals surface area contributed by atoms with Crippen LogP contribution in [0.2, 0.25) is 0 Å². The average molecular weight is 249 g/mol. The Balaban J connectivity index is 1.92. The van der Waals surface area contributed by atoms with E-state index < -0.39 is 0 Å². The highest BCUT2D eigenvalue weighted by molar-refractivity contribution is 5.60. The highest BCUT2D eigenvalue weighted by Crippen LogP contribution is 2.35. The highest BCUT2D eigenvalue weighted by Gasteiger charge is 2.32. The first-order chi connectivity index (χ1) is 8.63. The van der Waals surface area contributed by atoms with Crippen LogP contribution in [0.15, 0.2) is 16.5 Å². The van der Waals surface area contributed by atoms with Gasteiger partial charge in [0, 0.05) is 12.0 Å². The maximum atomic E-state index is 11.4. The van der Waals surface area contributed by atoms with Crippen molar-refractivity contribution in [2.75, 3.05) is 13.6 Å². The molecule has 3 nitrogen and oxygen atoms in total. The number of aldehydes is 1. The van der Waals surface area contributed by atoms with Crippen LogP contribution in [0.3, 0.4) is 0 Å². The molecule has 3 heteroatoms. The van der Waals surface area contributed by atoms with Gasteiger partial charge in [-0.1, -0.05) is 19.3 Å². The molecule has 2 rings (SSSR count). The Morgan fingerprint density at radius 3 is 2.61 bits per heavy atom. The molecule has 0 atom stereocenters. The van der Waals surface area contributed by atoms with E-state index in [1.165, 1.54) is 25.5 Å². The van der Waals surface area contributed by atoms with E-state index in [2.05, 4.69) is 11.9 Å². The van der Waals surface area contributed by atoms with Gasteiger partial charge in [-0.3, -0.25) is 4.90 Å². The zero-order chi connectivity index (χ0) is 13.0. The van der Waals surface area contributed by atoms with Crippen molar-refractivity contribution in [3.05, 3.63) is 23.7 Å². The van der Waals surface area contributed by atoms with Gasteiger partial charge in [-0.25, -0.2) is 0 Å². The first-order valence-electron chi connectivity index (χ1n) is 6.84. The summed E-state index contributed by atoms with van der Waals surface area (Å²) >= 11 is 0. The standard InChI is InChI=1S/C15H23NO2/c1-13-6-7-14(18-13)10-16(2)11-15(12-17)8-4-3-5-9-15/h6-7,12H,3-5,8-11H2,1-2H3. The predicted molar refractivity (Wildman–Crippen MR) is 71.4 cm³/mol. The molecular weight excluding hydrogens is 226 g/mol. The largest absolute Gasteiger partial charge is 0.465 e. The van der Waals surface area contributed by atoms with Crippen molar-refractivity contribution < 1.29 is 9.21 Å². The third-order valence-corrected chi connectivity index (χ3v) is 3.91. The van der Waals surface area contributed by atoms with E-state index in [0.29, 0.717) is 0 Å². The molecule has 18 heavy (non-hydrogen) atoms. The van der Waals surface area contributed by atoms with Gasteiger partial charge >= 0.3 is 0 Å². The van der Waals surface area contributed by atoms with Gasteiger partial charge in [-0.15, -0.1) is 0 Å². The van der Waals surface area contributed by atoms with Gasteiger partial charge in [-0.2, -0.15) is 0 Å². The monoisotopic (exact) mass is 249 g/mol. The molecule has 1 aromatic rings. The summed E-state index contributed by atoms with van der Waals surface area (Å²) in [5, 5.41) is 0. The van der Waals surface area contributed by atoms with Crippen molar-refractivity contribution >= 4 is 6.29 Å². The number of carbonyl (C=O) groups is 1. The minimum atomic E-state index is -0.116. The number of carbonyl (C=O) groups excluding carboxylic acids is 1. The van der Waals surface area contributed by atoms with E-state index in [1.807, 2.05) is 19.1 Å². The van der Waals surface area contributed by atoms with Gasteiger partial charge in [0.15, 0.2) is 0 Å². The Bertz CT molecular complexity index is 391. The molecule has 0 saturated heterocycles. The maximum absolute atomic E-state index is 11.4. The summed E-state index contributed by atoms with van der Waals surface area (Å²) in [5.74, 6) is 1.92. The molecule has 0 aliphatic heterocycles. The number of nitrogens with zero attached hydrogens (tertiary/aromatic N) is 1. The summed E-state index contributed by atoms with van der Waals surface area (Å²) in [6.45, 7) is 3.58. The van der Waals surface area contributed by atoms with Crippen LogP contribution in [-0.4, -0.2) is 24.8 Å². The number of aryl methyl sites for hydroxylation is 1. The Morgan fingerprint density at radius 2 is 2.06 bits per heavy atom. The number of hydrogen-bond acceptors (Lipinski definition) is 3. The molecular formula is C15H23NO2. The summed E-state index contributed by atoms with van der Waals surface area (Å²) < 4.78 is 5.58. The predicted octanol–water partition coefficient (Wildman–Crippen LogP) is 3.17. The molecule has 0 unspecified atom stereocenters. The summed E-state index contributed by atoms with van der Waals surface area (Å²) in [6, 6.07) is 4.00. The van der Waals surface area contributed by atoms with E-state index in [9.17, 15) is 4.79 Å². The molecule has 0 spiro atoms. The molecule has 1 aliphatic carbocycles. The smallest absolute Gasteiger partial charge is 0.127 e. The summed E-state index contributed by atoms with van der Waals surface area (Å²) in [6.07, 6.45) is 6.92. The third kappa shape index (κ3) is 3.22. The van der Waals surface area contributed by atoms with Gasteiger partial charge in [0.2, 0.25) is 0 Å². The molecule has 0 bridgehead atoms. The first kappa shape index (κ1) is 13.3. The van der Waals surface area contributed by atoms with Crippen LogP contribution in [0.4, 0.5) is 0 Å². The lowest BCUT2D eigenvalue weighted by Gasteiger charge is -2.35. The molecule has 0 radical (unpaired) electrons. The number of furan rings is 1. The van der Waals surface area contributed by atoms with Crippen LogP contribution < -0.4 is 0 Å². The van der Waals surface area contributed by atoms with Crippen molar-refractivity contribution in [2.45, 2.75) is 45.6 Å². The van der Waals surface area contributed by atoms with Crippen molar-refractivity contribution in [1.29, 1.82) is 0 Å². The fourth-order valence-corrected chi connectivity index (χ4v) is 3.00. The fraction of sp³-hybridized carbons (Fsp3) is 0.667. The van der Waals surface area contributed by atoms with Crippen LogP contribution in [0.1, 0.15) is 43.6 Å². The zero-order valence-electron chi connectivity index (χ0n) is 11.4. The van der Waals surface area contributed by atoms with Crippen LogP contribution in [0.25, 0.3) is 0 Å². The highest BCUT2D eigenvalue weighted by atomic mass is 16.3. The van der Waals surface area contributed by atoms with Crippen LogP contribution in [-0.2, 0) is 11.3 Å². The quantitative estimate of drug-likeness (QED) is 0.752. The molecule has 1 fully saturated rings. The molecule has 1 heterocycles. The SMILES string of the molecule is Cc1ccc(CN(C)CC2(C=O)CCCCC2)o1. The van der Waals surface area contributed by atoms with Crippen molar-refractivity contribution in [1.82, 2.24) is 4.90 Å². The number of rotatable bonds is 5. The Hall–Kier alpha value is -1.09. The van der Waals surface area contributed by atoms with Crippen LogP contribution in [0.5, 0.6) is 0 Å². The zero-order valence-corrected chi connectivity index (χ0v) is 11.4. The molecule has 0 N–H and O–H groups in total. The molecule has 100 valence electrons. The molecule has 1 aromatic heterocycles. The lowest BCUT2D eigenvalue weighted by Crippen LogP contribution is -2.38. The van der Waals surface area contributed by atoms with Gasteiger partial charge < -0.3 is 9.21 Å². The molecule has 0 aromatic carbocycles. The minimum absolute atomic E-state index is 0.116. The summed E-state index contributed by atoms with van der Waals surface area (Å²) in [7, 11) is 2.07. The summed E-state index contributed by atoms with van der Waals surface area (Å²) in [4.78, 5) is 13.6. The van der Waals surface area contributed by atoms with Gasteiger partial charge in [0.05, 0.1) is 6.54 Å². The van der Waals surface area contributed by atoms with Crippen molar-refractivity contribution in [3.63, 3.8) is 0 Å². The van der Waals surface area contributed by atoms with Crippen LogP contribution >= 0.6 is 0 Å². The Labute approximate surface area is 109 Å². The van der Waals surface area contributed by atoms with Crippen molar-refractivity contribution in [2.24, 2.45) is 5.41 Å². The average Bonchev–Trinajstić information content (AvgIpc) is 2.75. The third-order valence-electron chi connectivity index (χ3n) is 3.91. The molecule has 1 aliphatic rings. The van der Waals surface area contributed by atoms with Crippen LogP contribution in [0, 0.1) is 12.3 Å². The van der Waals surface area contributed by atoms with E-state index in [1.54, 1.807) is 0 Å². The minimum Gasteiger partial charge on any atom is -0.465 e. The first-order valence-corrected chi connectivity index (χ1v) is 6.84. The van der Waals surface area contributed by atoms with E-state index in [4.69, 9.17) is 4.42 Å². The fourth-order valence-electron chi connectivity index (χ4n) is 3.00. The second kappa shape index (κ2) is 5.70. The topological polar surface area (TPSA) is 33.5 Å². The van der Waals surface area contributed by atoms with E-state index in [-0.39, 0.29) is 5.41 Å². The summed E-state index contributed by atoms with van der Waals surface area (Å²) in [5.41, 5.74) is -0.116. The number of hydrogen-bond donors (Lipinski definition) is 0. The lowest BCUT2D eigenvalue weighted by atomic mass is 9.75. The Kier molecular flexibility index (Phi) is 4.23. The van der Waals surface area contributed by atoms with Gasteiger partial charge in [-0.05, 0) is 38.9 Å². The van der Waals surface area contributed by atoms with Gasteiger partial charge in [0.1, 0.15) is 17.8 Å². The second-order valence-corrected chi connectivity index (χ2v) is 5.73. The maximum Gasteiger partial charge on any atom is 0.127 e. The van der Waals surface area contributed by atoms with Crippen molar-refractivity contribution in [3.8, 4) is 0 Å².